The minimum atomic E-state index is -0.225. The minimum Gasteiger partial charge on any atom is -0.303 e. The van der Waals surface area contributed by atoms with E-state index in [4.69, 9.17) is 0 Å². The van der Waals surface area contributed by atoms with Crippen molar-refractivity contribution in [2.24, 2.45) is 0 Å². The van der Waals surface area contributed by atoms with Gasteiger partial charge in [-0.05, 0) is 57.8 Å². The number of nitrogens with zero attached hydrogens (tertiary/aromatic N) is 4. The Morgan fingerprint density at radius 2 is 2.00 bits per heavy atom. The number of benzene rings is 1. The average molecular weight is 361 g/mol. The number of halogens is 1. The molecule has 0 spiro atoms. The number of hydrogen-bond acceptors (Lipinski definition) is 4. The van der Waals surface area contributed by atoms with Gasteiger partial charge in [0.05, 0.1) is 5.56 Å². The van der Waals surface area contributed by atoms with Crippen LogP contribution in [0.1, 0.15) is 44.6 Å². The summed E-state index contributed by atoms with van der Waals surface area (Å²) in [6.45, 7) is 1.21. The van der Waals surface area contributed by atoms with Crippen molar-refractivity contribution in [2.45, 2.75) is 55.8 Å². The summed E-state index contributed by atoms with van der Waals surface area (Å²) in [5.41, 5.74) is 0.556. The summed E-state index contributed by atoms with van der Waals surface area (Å²) >= 11 is 1.77. The molecule has 0 amide bonds. The van der Waals surface area contributed by atoms with E-state index in [1.54, 1.807) is 23.9 Å². The van der Waals surface area contributed by atoms with Gasteiger partial charge in [-0.15, -0.1) is 10.2 Å². The molecule has 1 saturated heterocycles. The summed E-state index contributed by atoms with van der Waals surface area (Å²) < 4.78 is 16.4. The van der Waals surface area contributed by atoms with E-state index >= 15 is 0 Å². The second-order valence-corrected chi connectivity index (χ2v) is 8.22. The molecule has 1 unspecified atom stereocenters. The Labute approximate surface area is 152 Å². The van der Waals surface area contributed by atoms with Crippen molar-refractivity contribution >= 4 is 11.8 Å². The number of hydrogen-bond donors (Lipinski definition) is 0. The van der Waals surface area contributed by atoms with Crippen molar-refractivity contribution in [3.63, 3.8) is 0 Å². The molecule has 0 radical (unpaired) electrons. The van der Waals surface area contributed by atoms with Gasteiger partial charge in [0.15, 0.2) is 11.0 Å². The zero-order valence-electron chi connectivity index (χ0n) is 14.7. The smallest absolute Gasteiger partial charge is 0.191 e. The number of piperidine rings is 1. The van der Waals surface area contributed by atoms with E-state index in [1.165, 1.54) is 38.3 Å². The van der Waals surface area contributed by atoms with Crippen molar-refractivity contribution in [2.75, 3.05) is 19.3 Å². The highest BCUT2D eigenvalue weighted by Gasteiger charge is 2.31. The maximum absolute atomic E-state index is 14.2. The molecule has 2 aromatic rings. The highest BCUT2D eigenvalue weighted by Crippen LogP contribution is 2.41. The molecule has 4 rings (SSSR count). The molecular formula is C19H25FN4S. The topological polar surface area (TPSA) is 34.0 Å². The van der Waals surface area contributed by atoms with Crippen molar-refractivity contribution in [1.82, 2.24) is 19.7 Å². The second-order valence-electron chi connectivity index (χ2n) is 7.15. The molecule has 1 aromatic carbocycles. The van der Waals surface area contributed by atoms with E-state index in [2.05, 4.69) is 26.7 Å². The Hall–Kier alpha value is -1.40. The lowest BCUT2D eigenvalue weighted by molar-refractivity contribution is 0.182. The highest BCUT2D eigenvalue weighted by molar-refractivity contribution is 7.99. The predicted molar refractivity (Wildman–Crippen MR) is 99.3 cm³/mol. The number of rotatable bonds is 6. The van der Waals surface area contributed by atoms with Crippen LogP contribution in [0.3, 0.4) is 0 Å². The van der Waals surface area contributed by atoms with Gasteiger partial charge in [0, 0.05) is 17.8 Å². The van der Waals surface area contributed by atoms with Crippen LogP contribution in [-0.2, 0) is 0 Å². The van der Waals surface area contributed by atoms with Crippen LogP contribution in [0, 0.1) is 5.82 Å². The zero-order chi connectivity index (χ0) is 17.2. The number of thioether (sulfide) groups is 1. The van der Waals surface area contributed by atoms with Crippen LogP contribution in [0.5, 0.6) is 0 Å². The fraction of sp³-hybridized carbons (Fsp3) is 0.579. The average Bonchev–Trinajstić information content (AvgIpc) is 3.37. The molecule has 25 heavy (non-hydrogen) atoms. The molecule has 1 atom stereocenters. The van der Waals surface area contributed by atoms with E-state index < -0.39 is 0 Å². The van der Waals surface area contributed by atoms with Crippen LogP contribution < -0.4 is 0 Å². The van der Waals surface area contributed by atoms with Crippen LogP contribution in [0.15, 0.2) is 29.4 Å². The van der Waals surface area contributed by atoms with Gasteiger partial charge in [-0.2, -0.15) is 0 Å². The van der Waals surface area contributed by atoms with Crippen LogP contribution in [-0.4, -0.2) is 45.1 Å². The fourth-order valence-corrected chi connectivity index (χ4v) is 4.70. The summed E-state index contributed by atoms with van der Waals surface area (Å²) in [6.07, 6.45) is 7.41. The first-order valence-electron chi connectivity index (χ1n) is 9.27. The first-order valence-corrected chi connectivity index (χ1v) is 10.3. The molecule has 0 N–H and O–H groups in total. The van der Waals surface area contributed by atoms with E-state index in [9.17, 15) is 4.39 Å². The first kappa shape index (κ1) is 17.0. The van der Waals surface area contributed by atoms with Crippen molar-refractivity contribution in [3.05, 3.63) is 30.1 Å². The summed E-state index contributed by atoms with van der Waals surface area (Å²) in [5, 5.41) is 9.67. The SMILES string of the molecule is CN1CCCCC1CCSc1nnc(-c2ccccc2F)n1C1CC1. The Morgan fingerprint density at radius 1 is 1.16 bits per heavy atom. The summed E-state index contributed by atoms with van der Waals surface area (Å²) in [7, 11) is 2.23. The molecule has 1 aromatic heterocycles. The van der Waals surface area contributed by atoms with E-state index in [1.807, 2.05) is 6.07 Å². The molecule has 2 aliphatic rings. The van der Waals surface area contributed by atoms with Crippen LogP contribution >= 0.6 is 11.8 Å². The van der Waals surface area contributed by atoms with Crippen LogP contribution in [0.25, 0.3) is 11.4 Å². The van der Waals surface area contributed by atoms with Crippen LogP contribution in [0.2, 0.25) is 0 Å². The summed E-state index contributed by atoms with van der Waals surface area (Å²) in [6, 6.07) is 7.98. The molecule has 2 heterocycles. The molecule has 1 aliphatic carbocycles. The fourth-order valence-electron chi connectivity index (χ4n) is 3.66. The Kier molecular flexibility index (Phi) is 5.08. The largest absolute Gasteiger partial charge is 0.303 e. The quantitative estimate of drug-likeness (QED) is 0.716. The highest BCUT2D eigenvalue weighted by atomic mass is 32.2. The van der Waals surface area contributed by atoms with Crippen molar-refractivity contribution in [1.29, 1.82) is 0 Å². The standard InChI is InChI=1S/C19H25FN4S/c1-23-12-5-4-6-14(23)11-13-25-19-22-21-18(24(19)15-9-10-15)16-7-2-3-8-17(16)20/h2-3,7-8,14-15H,4-6,9-13H2,1H3. The third-order valence-corrected chi connectivity index (χ3v) is 6.27. The van der Waals surface area contributed by atoms with Gasteiger partial charge in [-0.25, -0.2) is 4.39 Å². The molecule has 2 fully saturated rings. The Bertz CT molecular complexity index is 728. The molecule has 134 valence electrons. The first-order chi connectivity index (χ1) is 12.2. The van der Waals surface area contributed by atoms with Crippen molar-refractivity contribution in [3.8, 4) is 11.4 Å². The molecular weight excluding hydrogens is 335 g/mol. The van der Waals surface area contributed by atoms with E-state index in [0.717, 1.165) is 23.8 Å². The van der Waals surface area contributed by atoms with Crippen LogP contribution in [0.4, 0.5) is 4.39 Å². The molecule has 1 saturated carbocycles. The number of aromatic nitrogens is 3. The van der Waals surface area contributed by atoms with Gasteiger partial charge in [-0.1, -0.05) is 30.3 Å². The summed E-state index contributed by atoms with van der Waals surface area (Å²) in [5.74, 6) is 1.49. The monoisotopic (exact) mass is 360 g/mol. The van der Waals surface area contributed by atoms with Crippen molar-refractivity contribution < 1.29 is 4.39 Å². The maximum Gasteiger partial charge on any atom is 0.191 e. The Balaban J connectivity index is 1.48. The predicted octanol–water partition coefficient (Wildman–Crippen LogP) is 4.39. The zero-order valence-corrected chi connectivity index (χ0v) is 15.5. The normalized spacial score (nSPS) is 21.6. The number of likely N-dealkylation sites (tertiary alicyclic amines) is 1. The van der Waals surface area contributed by atoms with Gasteiger partial charge in [0.25, 0.3) is 0 Å². The maximum atomic E-state index is 14.2. The van der Waals surface area contributed by atoms with Gasteiger partial charge in [0.1, 0.15) is 5.82 Å². The lowest BCUT2D eigenvalue weighted by Gasteiger charge is -2.32. The third kappa shape index (κ3) is 3.75. The van der Waals surface area contributed by atoms with E-state index in [-0.39, 0.29) is 5.82 Å². The molecule has 0 bridgehead atoms. The lowest BCUT2D eigenvalue weighted by atomic mass is 10.0. The molecule has 6 heteroatoms. The Morgan fingerprint density at radius 3 is 2.76 bits per heavy atom. The molecule has 4 nitrogen and oxygen atoms in total. The summed E-state index contributed by atoms with van der Waals surface area (Å²) in [4.78, 5) is 2.49. The lowest BCUT2D eigenvalue weighted by Crippen LogP contribution is -2.36. The van der Waals surface area contributed by atoms with Gasteiger partial charge in [-0.3, -0.25) is 4.57 Å². The third-order valence-electron chi connectivity index (χ3n) is 5.30. The van der Waals surface area contributed by atoms with Gasteiger partial charge >= 0.3 is 0 Å². The van der Waals surface area contributed by atoms with Gasteiger partial charge in [0.2, 0.25) is 0 Å². The van der Waals surface area contributed by atoms with Gasteiger partial charge < -0.3 is 4.90 Å². The molecule has 1 aliphatic heterocycles. The second kappa shape index (κ2) is 7.46. The minimum absolute atomic E-state index is 0.225. The van der Waals surface area contributed by atoms with E-state index in [0.29, 0.717) is 23.5 Å².